The van der Waals surface area contributed by atoms with Crippen LogP contribution in [-0.2, 0) is 19.6 Å². The highest BCUT2D eigenvalue weighted by Gasteiger charge is 2.01. The first-order chi connectivity index (χ1) is 8.29. The third-order valence-corrected chi connectivity index (χ3v) is 2.72. The summed E-state index contributed by atoms with van der Waals surface area (Å²) in [4.78, 5) is 0. The van der Waals surface area contributed by atoms with Gasteiger partial charge in [0.1, 0.15) is 0 Å². The Morgan fingerprint density at radius 2 is 2.24 bits per heavy atom. The summed E-state index contributed by atoms with van der Waals surface area (Å²) < 4.78 is 1.99. The zero-order valence-corrected chi connectivity index (χ0v) is 10.4. The lowest BCUT2D eigenvalue weighted by atomic mass is 10.2. The number of nitrogens with one attached hydrogen (secondary N) is 2. The number of nitrogens with zero attached hydrogens (tertiary/aromatic N) is 3. The van der Waals surface area contributed by atoms with Crippen molar-refractivity contribution in [2.75, 3.05) is 0 Å². The second-order valence-electron chi connectivity index (χ2n) is 4.24. The fourth-order valence-electron chi connectivity index (χ4n) is 1.74. The monoisotopic (exact) mass is 233 g/mol. The summed E-state index contributed by atoms with van der Waals surface area (Å²) in [6.07, 6.45) is 7.00. The van der Waals surface area contributed by atoms with E-state index in [0.717, 1.165) is 31.7 Å². The second-order valence-corrected chi connectivity index (χ2v) is 4.24. The molecule has 2 heterocycles. The Kier molecular flexibility index (Phi) is 3.93. The summed E-state index contributed by atoms with van der Waals surface area (Å²) in [5.41, 5.74) is 3.56. The third-order valence-electron chi connectivity index (χ3n) is 2.72. The minimum atomic E-state index is 0.835. The standard InChI is InChI=1S/C12H19N5/c1-3-4-17-9-11(6-15-17)5-13-7-12-8-14-16-10(12)2/h6,8-9,13H,3-5,7H2,1-2H3,(H,14,16). The van der Waals surface area contributed by atoms with Crippen LogP contribution in [0.15, 0.2) is 18.6 Å². The number of H-pyrrole nitrogens is 1. The summed E-state index contributed by atoms with van der Waals surface area (Å²) >= 11 is 0. The molecule has 5 heteroatoms. The fourth-order valence-corrected chi connectivity index (χ4v) is 1.74. The van der Waals surface area contributed by atoms with Crippen LogP contribution in [0, 0.1) is 6.92 Å². The van der Waals surface area contributed by atoms with E-state index in [4.69, 9.17) is 0 Å². The Bertz CT molecular complexity index is 457. The van der Waals surface area contributed by atoms with E-state index < -0.39 is 0 Å². The van der Waals surface area contributed by atoms with Crippen LogP contribution in [0.3, 0.4) is 0 Å². The van der Waals surface area contributed by atoms with Crippen molar-refractivity contribution in [3.63, 3.8) is 0 Å². The molecule has 0 unspecified atom stereocenters. The lowest BCUT2D eigenvalue weighted by molar-refractivity contribution is 0.601. The van der Waals surface area contributed by atoms with Crippen LogP contribution in [0.25, 0.3) is 0 Å². The zero-order chi connectivity index (χ0) is 12.1. The van der Waals surface area contributed by atoms with Gasteiger partial charge in [-0.2, -0.15) is 10.2 Å². The molecule has 2 aromatic heterocycles. The highest BCUT2D eigenvalue weighted by molar-refractivity contribution is 5.14. The van der Waals surface area contributed by atoms with Gasteiger partial charge in [-0.1, -0.05) is 6.92 Å². The van der Waals surface area contributed by atoms with Gasteiger partial charge in [-0.05, 0) is 13.3 Å². The van der Waals surface area contributed by atoms with Gasteiger partial charge in [0.05, 0.1) is 12.4 Å². The quantitative estimate of drug-likeness (QED) is 0.797. The molecule has 17 heavy (non-hydrogen) atoms. The van der Waals surface area contributed by atoms with Crippen molar-refractivity contribution in [3.05, 3.63) is 35.4 Å². The van der Waals surface area contributed by atoms with Crippen LogP contribution >= 0.6 is 0 Å². The van der Waals surface area contributed by atoms with Gasteiger partial charge in [0.25, 0.3) is 0 Å². The Hall–Kier alpha value is -1.62. The molecule has 0 amide bonds. The highest BCUT2D eigenvalue weighted by atomic mass is 15.3. The van der Waals surface area contributed by atoms with E-state index in [0.29, 0.717) is 0 Å². The lowest BCUT2D eigenvalue weighted by Crippen LogP contribution is -2.12. The summed E-state index contributed by atoms with van der Waals surface area (Å²) in [6, 6.07) is 0. The molecule has 2 rings (SSSR count). The van der Waals surface area contributed by atoms with Crippen LogP contribution in [0.2, 0.25) is 0 Å². The molecule has 0 aliphatic carbocycles. The Morgan fingerprint density at radius 1 is 1.35 bits per heavy atom. The molecule has 0 aliphatic rings. The van der Waals surface area contributed by atoms with E-state index in [2.05, 4.69) is 33.7 Å². The fraction of sp³-hybridized carbons (Fsp3) is 0.500. The molecule has 0 radical (unpaired) electrons. The highest BCUT2D eigenvalue weighted by Crippen LogP contribution is 2.03. The SMILES string of the molecule is CCCn1cc(CNCc2cn[nH]c2C)cn1. The topological polar surface area (TPSA) is 58.5 Å². The van der Waals surface area contributed by atoms with Crippen LogP contribution in [-0.4, -0.2) is 20.0 Å². The van der Waals surface area contributed by atoms with Crippen LogP contribution in [0.4, 0.5) is 0 Å². The Balaban J connectivity index is 1.80. The summed E-state index contributed by atoms with van der Waals surface area (Å²) in [6.45, 7) is 6.85. The van der Waals surface area contributed by atoms with Crippen molar-refractivity contribution in [1.82, 2.24) is 25.3 Å². The largest absolute Gasteiger partial charge is 0.308 e. The Labute approximate surface area is 101 Å². The first kappa shape index (κ1) is 11.9. The molecule has 92 valence electrons. The lowest BCUT2D eigenvalue weighted by Gasteiger charge is -2.01. The average molecular weight is 233 g/mol. The van der Waals surface area contributed by atoms with E-state index in [1.54, 1.807) is 0 Å². The molecular weight excluding hydrogens is 214 g/mol. The predicted octanol–water partition coefficient (Wildman–Crippen LogP) is 1.61. The summed E-state index contributed by atoms with van der Waals surface area (Å²) in [5.74, 6) is 0. The van der Waals surface area contributed by atoms with Gasteiger partial charge in [0.15, 0.2) is 0 Å². The summed E-state index contributed by atoms with van der Waals surface area (Å²) in [7, 11) is 0. The minimum absolute atomic E-state index is 0.835. The van der Waals surface area contributed by atoms with Crippen LogP contribution < -0.4 is 5.32 Å². The minimum Gasteiger partial charge on any atom is -0.308 e. The molecule has 0 fully saturated rings. The maximum atomic E-state index is 4.30. The second kappa shape index (κ2) is 5.63. The molecule has 0 bridgehead atoms. The normalized spacial score (nSPS) is 10.9. The van der Waals surface area contributed by atoms with Gasteiger partial charge in [-0.3, -0.25) is 9.78 Å². The van der Waals surface area contributed by atoms with Crippen molar-refractivity contribution in [2.45, 2.75) is 39.9 Å². The van der Waals surface area contributed by atoms with Gasteiger partial charge in [-0.25, -0.2) is 0 Å². The van der Waals surface area contributed by atoms with Crippen molar-refractivity contribution in [1.29, 1.82) is 0 Å². The van der Waals surface area contributed by atoms with Gasteiger partial charge in [-0.15, -0.1) is 0 Å². The number of rotatable bonds is 6. The molecule has 0 spiro atoms. The smallest absolute Gasteiger partial charge is 0.0535 e. The number of aromatic nitrogens is 4. The number of aryl methyl sites for hydroxylation is 2. The van der Waals surface area contributed by atoms with Crippen molar-refractivity contribution in [3.8, 4) is 0 Å². The van der Waals surface area contributed by atoms with Crippen LogP contribution in [0.5, 0.6) is 0 Å². The van der Waals surface area contributed by atoms with Gasteiger partial charge in [0.2, 0.25) is 0 Å². The van der Waals surface area contributed by atoms with E-state index >= 15 is 0 Å². The van der Waals surface area contributed by atoms with E-state index in [1.165, 1.54) is 11.1 Å². The van der Waals surface area contributed by atoms with Gasteiger partial charge in [0, 0.05) is 42.7 Å². The molecule has 0 saturated heterocycles. The molecule has 2 N–H and O–H groups in total. The maximum absolute atomic E-state index is 4.30. The van der Waals surface area contributed by atoms with E-state index in [1.807, 2.05) is 24.0 Å². The molecule has 2 aromatic rings. The van der Waals surface area contributed by atoms with Gasteiger partial charge < -0.3 is 5.32 Å². The number of hydrogen-bond acceptors (Lipinski definition) is 3. The van der Waals surface area contributed by atoms with E-state index in [9.17, 15) is 0 Å². The first-order valence-electron chi connectivity index (χ1n) is 6.00. The third kappa shape index (κ3) is 3.17. The summed E-state index contributed by atoms with van der Waals surface area (Å²) in [5, 5.41) is 14.6. The zero-order valence-electron chi connectivity index (χ0n) is 10.4. The first-order valence-corrected chi connectivity index (χ1v) is 6.00. The molecule has 0 atom stereocenters. The Morgan fingerprint density at radius 3 is 2.94 bits per heavy atom. The van der Waals surface area contributed by atoms with E-state index in [-0.39, 0.29) is 0 Å². The average Bonchev–Trinajstić information content (AvgIpc) is 2.90. The van der Waals surface area contributed by atoms with Crippen molar-refractivity contribution in [2.24, 2.45) is 0 Å². The number of hydrogen-bond donors (Lipinski definition) is 2. The molecular formula is C12H19N5. The molecule has 5 nitrogen and oxygen atoms in total. The predicted molar refractivity (Wildman–Crippen MR) is 66.4 cm³/mol. The molecule has 0 saturated carbocycles. The maximum Gasteiger partial charge on any atom is 0.0535 e. The van der Waals surface area contributed by atoms with Gasteiger partial charge >= 0.3 is 0 Å². The van der Waals surface area contributed by atoms with Crippen molar-refractivity contribution < 1.29 is 0 Å². The molecule has 0 aliphatic heterocycles. The number of aromatic amines is 1. The van der Waals surface area contributed by atoms with Crippen LogP contribution in [0.1, 0.15) is 30.2 Å². The molecule has 0 aromatic carbocycles. The van der Waals surface area contributed by atoms with Crippen molar-refractivity contribution >= 4 is 0 Å².